The lowest BCUT2D eigenvalue weighted by atomic mass is 9.93. The minimum Gasteiger partial charge on any atom is -0.481 e. The minimum absolute atomic E-state index is 0.0328. The summed E-state index contributed by atoms with van der Waals surface area (Å²) in [6.07, 6.45) is 1.84. The number of hydrogen-bond acceptors (Lipinski definition) is 3. The molecule has 1 N–H and O–H groups in total. The van der Waals surface area contributed by atoms with E-state index in [0.29, 0.717) is 0 Å². The predicted octanol–water partition coefficient (Wildman–Crippen LogP) is 2.38. The number of hydrogen-bond donors (Lipinski definition) is 1. The molecule has 0 aliphatic rings. The van der Waals surface area contributed by atoms with Crippen molar-refractivity contribution in [3.05, 3.63) is 11.9 Å². The zero-order valence-corrected chi connectivity index (χ0v) is 11.0. The standard InChI is InChI=1S/C11H18N2O2S/c1-5-13-8(11(2,3)4)6-12-10(13)16-7-9(14)15/h6H,5,7H2,1-4H3,(H,14,15). The summed E-state index contributed by atoms with van der Waals surface area (Å²) >= 11 is 1.27. The summed E-state index contributed by atoms with van der Waals surface area (Å²) in [6, 6.07) is 0. The van der Waals surface area contributed by atoms with Gasteiger partial charge in [-0.3, -0.25) is 4.79 Å². The summed E-state index contributed by atoms with van der Waals surface area (Å²) in [5.74, 6) is -0.756. The molecule has 0 aliphatic heterocycles. The van der Waals surface area contributed by atoms with Gasteiger partial charge in [-0.2, -0.15) is 0 Å². The molecule has 0 saturated carbocycles. The third-order valence-electron chi connectivity index (χ3n) is 2.23. The zero-order valence-electron chi connectivity index (χ0n) is 10.1. The normalized spacial score (nSPS) is 11.8. The summed E-state index contributed by atoms with van der Waals surface area (Å²) < 4.78 is 2.08. The molecule has 4 nitrogen and oxygen atoms in total. The van der Waals surface area contributed by atoms with E-state index >= 15 is 0 Å². The van der Waals surface area contributed by atoms with Gasteiger partial charge in [0.15, 0.2) is 5.16 Å². The minimum atomic E-state index is -0.812. The fraction of sp³-hybridized carbons (Fsp3) is 0.636. The largest absolute Gasteiger partial charge is 0.481 e. The maximum atomic E-state index is 10.5. The predicted molar refractivity (Wildman–Crippen MR) is 65.0 cm³/mol. The highest BCUT2D eigenvalue weighted by molar-refractivity contribution is 7.99. The molecule has 0 aromatic carbocycles. The lowest BCUT2D eigenvalue weighted by molar-refractivity contribution is -0.133. The van der Waals surface area contributed by atoms with E-state index in [9.17, 15) is 4.79 Å². The molecule has 0 saturated heterocycles. The second kappa shape index (κ2) is 4.91. The zero-order chi connectivity index (χ0) is 12.3. The van der Waals surface area contributed by atoms with E-state index in [4.69, 9.17) is 5.11 Å². The van der Waals surface area contributed by atoms with E-state index in [1.807, 2.05) is 13.1 Å². The molecule has 0 radical (unpaired) electrons. The van der Waals surface area contributed by atoms with Gasteiger partial charge in [-0.05, 0) is 6.92 Å². The van der Waals surface area contributed by atoms with Crippen molar-refractivity contribution >= 4 is 17.7 Å². The number of imidazole rings is 1. The van der Waals surface area contributed by atoms with E-state index in [-0.39, 0.29) is 11.2 Å². The van der Waals surface area contributed by atoms with Crippen LogP contribution in [0.25, 0.3) is 0 Å². The molecule has 0 aliphatic carbocycles. The number of carboxylic acid groups (broad SMARTS) is 1. The van der Waals surface area contributed by atoms with Crippen LogP contribution in [0.15, 0.2) is 11.4 Å². The van der Waals surface area contributed by atoms with Crippen LogP contribution in [-0.4, -0.2) is 26.4 Å². The van der Waals surface area contributed by atoms with Crippen molar-refractivity contribution < 1.29 is 9.90 Å². The van der Waals surface area contributed by atoms with Gasteiger partial charge in [0.05, 0.1) is 5.75 Å². The summed E-state index contributed by atoms with van der Waals surface area (Å²) in [5.41, 5.74) is 1.17. The fourth-order valence-electron chi connectivity index (χ4n) is 1.50. The van der Waals surface area contributed by atoms with Crippen molar-refractivity contribution in [3.63, 3.8) is 0 Å². The van der Waals surface area contributed by atoms with Gasteiger partial charge in [-0.1, -0.05) is 32.5 Å². The molecule has 0 fully saturated rings. The van der Waals surface area contributed by atoms with Gasteiger partial charge in [-0.25, -0.2) is 4.98 Å². The van der Waals surface area contributed by atoms with Crippen molar-refractivity contribution in [1.29, 1.82) is 0 Å². The number of aliphatic carboxylic acids is 1. The molecule has 0 unspecified atom stereocenters. The van der Waals surface area contributed by atoms with E-state index < -0.39 is 5.97 Å². The first-order chi connectivity index (χ1) is 7.36. The molecule has 16 heavy (non-hydrogen) atoms. The lowest BCUT2D eigenvalue weighted by Gasteiger charge is -2.20. The molecular formula is C11H18N2O2S. The van der Waals surface area contributed by atoms with Crippen LogP contribution in [-0.2, 0) is 16.8 Å². The molecule has 1 aromatic heterocycles. The molecule has 1 rings (SSSR count). The Balaban J connectivity index is 2.95. The summed E-state index contributed by atoms with van der Waals surface area (Å²) in [7, 11) is 0. The van der Waals surface area contributed by atoms with E-state index in [0.717, 1.165) is 17.4 Å². The maximum Gasteiger partial charge on any atom is 0.313 e. The highest BCUT2D eigenvalue weighted by atomic mass is 32.2. The Labute approximate surface area is 100 Å². The van der Waals surface area contributed by atoms with Crippen LogP contribution >= 0.6 is 11.8 Å². The van der Waals surface area contributed by atoms with Gasteiger partial charge >= 0.3 is 5.97 Å². The van der Waals surface area contributed by atoms with Gasteiger partial charge in [0.2, 0.25) is 0 Å². The monoisotopic (exact) mass is 242 g/mol. The number of thioether (sulfide) groups is 1. The molecule has 0 amide bonds. The molecule has 0 spiro atoms. The van der Waals surface area contributed by atoms with Gasteiger partial charge in [0.25, 0.3) is 0 Å². The first kappa shape index (κ1) is 13.1. The van der Waals surface area contributed by atoms with Gasteiger partial charge in [0.1, 0.15) is 0 Å². The molecule has 90 valence electrons. The number of rotatable bonds is 4. The third-order valence-corrected chi connectivity index (χ3v) is 3.20. The molecule has 0 atom stereocenters. The van der Waals surface area contributed by atoms with Crippen LogP contribution < -0.4 is 0 Å². The number of carbonyl (C=O) groups is 1. The third kappa shape index (κ3) is 3.01. The highest BCUT2D eigenvalue weighted by Gasteiger charge is 2.21. The molecule has 5 heteroatoms. The van der Waals surface area contributed by atoms with Gasteiger partial charge in [0, 0.05) is 23.9 Å². The van der Waals surface area contributed by atoms with Gasteiger partial charge < -0.3 is 9.67 Å². The Morgan fingerprint density at radius 1 is 1.56 bits per heavy atom. The van der Waals surface area contributed by atoms with Crippen molar-refractivity contribution in [2.75, 3.05) is 5.75 Å². The first-order valence-corrected chi connectivity index (χ1v) is 6.25. The fourth-order valence-corrected chi connectivity index (χ4v) is 2.27. The van der Waals surface area contributed by atoms with Crippen LogP contribution in [0.4, 0.5) is 0 Å². The van der Waals surface area contributed by atoms with Crippen molar-refractivity contribution in [1.82, 2.24) is 9.55 Å². The number of aromatic nitrogens is 2. The number of nitrogens with zero attached hydrogens (tertiary/aromatic N) is 2. The molecular weight excluding hydrogens is 224 g/mol. The Bertz CT molecular complexity index is 380. The second-order valence-corrected chi connectivity index (χ2v) is 5.55. The van der Waals surface area contributed by atoms with Crippen LogP contribution in [0.2, 0.25) is 0 Å². The Kier molecular flexibility index (Phi) is 4.02. The van der Waals surface area contributed by atoms with E-state index in [1.54, 1.807) is 0 Å². The summed E-state index contributed by atoms with van der Waals surface area (Å²) in [4.78, 5) is 14.8. The first-order valence-electron chi connectivity index (χ1n) is 5.27. The average molecular weight is 242 g/mol. The Hall–Kier alpha value is -0.970. The molecule has 1 aromatic rings. The average Bonchev–Trinajstić information content (AvgIpc) is 2.56. The van der Waals surface area contributed by atoms with Crippen LogP contribution in [0.1, 0.15) is 33.4 Å². The van der Waals surface area contributed by atoms with Crippen molar-refractivity contribution in [3.8, 4) is 0 Å². The molecule has 0 bridgehead atoms. The Morgan fingerprint density at radius 3 is 2.62 bits per heavy atom. The molecule has 1 heterocycles. The Morgan fingerprint density at radius 2 is 2.19 bits per heavy atom. The van der Waals surface area contributed by atoms with E-state index in [2.05, 4.69) is 30.3 Å². The van der Waals surface area contributed by atoms with E-state index in [1.165, 1.54) is 11.8 Å². The van der Waals surface area contributed by atoms with Crippen LogP contribution in [0, 0.1) is 0 Å². The van der Waals surface area contributed by atoms with Crippen LogP contribution in [0.5, 0.6) is 0 Å². The smallest absolute Gasteiger partial charge is 0.313 e. The van der Waals surface area contributed by atoms with Crippen LogP contribution in [0.3, 0.4) is 0 Å². The van der Waals surface area contributed by atoms with Gasteiger partial charge in [-0.15, -0.1) is 0 Å². The topological polar surface area (TPSA) is 55.1 Å². The summed E-state index contributed by atoms with van der Waals surface area (Å²) in [5, 5.41) is 9.43. The highest BCUT2D eigenvalue weighted by Crippen LogP contribution is 2.27. The number of carboxylic acids is 1. The quantitative estimate of drug-likeness (QED) is 0.824. The maximum absolute atomic E-state index is 10.5. The second-order valence-electron chi connectivity index (χ2n) is 4.60. The lowest BCUT2D eigenvalue weighted by Crippen LogP contribution is -2.17. The summed E-state index contributed by atoms with van der Waals surface area (Å²) in [6.45, 7) is 9.24. The SMILES string of the molecule is CCn1c(C(C)(C)C)cnc1SCC(=O)O. The van der Waals surface area contributed by atoms with Crippen molar-refractivity contribution in [2.45, 2.75) is 44.8 Å². The van der Waals surface area contributed by atoms with Crippen molar-refractivity contribution in [2.24, 2.45) is 0 Å².